The van der Waals surface area contributed by atoms with Crippen molar-refractivity contribution in [2.24, 2.45) is 23.2 Å². The number of rotatable bonds is 5. The zero-order chi connectivity index (χ0) is 18.1. The second-order valence-corrected chi connectivity index (χ2v) is 9.47. The molecule has 3 fully saturated rings. The third-order valence-electron chi connectivity index (χ3n) is 7.69. The van der Waals surface area contributed by atoms with E-state index >= 15 is 0 Å². The predicted molar refractivity (Wildman–Crippen MR) is 105 cm³/mol. The maximum Gasteiger partial charge on any atom is 0.310 e. The van der Waals surface area contributed by atoms with Crippen LogP contribution in [-0.4, -0.2) is 25.2 Å². The molecule has 0 bridgehead atoms. The highest BCUT2D eigenvalue weighted by Crippen LogP contribution is 2.56. The van der Waals surface area contributed by atoms with E-state index in [0.29, 0.717) is 17.3 Å². The fourth-order valence-corrected chi connectivity index (χ4v) is 6.13. The van der Waals surface area contributed by atoms with Crippen LogP contribution in [0.3, 0.4) is 0 Å². The lowest BCUT2D eigenvalue weighted by atomic mass is 9.55. The Morgan fingerprint density at radius 3 is 3.00 bits per heavy atom. The van der Waals surface area contributed by atoms with Crippen molar-refractivity contribution >= 4 is 5.97 Å². The lowest BCUT2D eigenvalue weighted by Gasteiger charge is -2.50. The molecule has 4 rings (SSSR count). The van der Waals surface area contributed by atoms with E-state index in [1.807, 2.05) is 0 Å². The lowest BCUT2D eigenvalue weighted by molar-refractivity contribution is -0.146. The van der Waals surface area contributed by atoms with Crippen molar-refractivity contribution in [3.8, 4) is 0 Å². The van der Waals surface area contributed by atoms with E-state index in [1.165, 1.54) is 50.5 Å². The normalized spacial score (nSPS) is 39.8. The number of fused-ring (bicyclic) bond motifs is 2. The minimum atomic E-state index is 0.0391. The number of hydrogen-bond donors (Lipinski definition) is 1. The predicted octanol–water partition coefficient (Wildman–Crippen LogP) is 4.78. The van der Waals surface area contributed by atoms with Crippen molar-refractivity contribution < 1.29 is 9.53 Å². The summed E-state index contributed by atoms with van der Waals surface area (Å²) < 4.78 is 5.85. The van der Waals surface area contributed by atoms with Crippen molar-refractivity contribution in [1.82, 2.24) is 5.32 Å². The number of allylic oxidation sites excluding steroid dienone is 2. The number of carbonyl (C=O) groups is 1. The molecule has 4 aliphatic rings. The second-order valence-electron chi connectivity index (χ2n) is 9.47. The Balaban J connectivity index is 1.33. The second kappa shape index (κ2) is 7.50. The van der Waals surface area contributed by atoms with E-state index in [9.17, 15) is 4.79 Å². The van der Waals surface area contributed by atoms with E-state index in [1.54, 1.807) is 5.57 Å². The summed E-state index contributed by atoms with van der Waals surface area (Å²) in [4.78, 5) is 12.5. The summed E-state index contributed by atoms with van der Waals surface area (Å²) in [7, 11) is 0. The van der Waals surface area contributed by atoms with Crippen LogP contribution in [0.25, 0.3) is 0 Å². The lowest BCUT2D eigenvalue weighted by Crippen LogP contribution is -2.45. The van der Waals surface area contributed by atoms with Crippen molar-refractivity contribution in [1.29, 1.82) is 0 Å². The van der Waals surface area contributed by atoms with Crippen molar-refractivity contribution in [2.45, 2.75) is 77.2 Å². The molecule has 3 aliphatic carbocycles. The molecule has 1 heterocycles. The summed E-state index contributed by atoms with van der Waals surface area (Å²) >= 11 is 0. The van der Waals surface area contributed by atoms with Gasteiger partial charge in [0.2, 0.25) is 0 Å². The molecule has 26 heavy (non-hydrogen) atoms. The van der Waals surface area contributed by atoms with Crippen LogP contribution in [0, 0.1) is 23.2 Å². The van der Waals surface area contributed by atoms with Crippen LogP contribution < -0.4 is 5.32 Å². The first-order chi connectivity index (χ1) is 12.6. The molecule has 1 aliphatic heterocycles. The average Bonchev–Trinajstić information content (AvgIpc) is 2.92. The SMILES string of the molecule is C=C1CCC[C@]2(C)C[C@H]3OC(=O)[C@H](CNCCC4=CCCCC4)[C@H]3C[C@@H]12. The van der Waals surface area contributed by atoms with Crippen LogP contribution in [0.2, 0.25) is 0 Å². The molecule has 1 saturated heterocycles. The van der Waals surface area contributed by atoms with Gasteiger partial charge in [-0.2, -0.15) is 0 Å². The van der Waals surface area contributed by atoms with Gasteiger partial charge in [0.05, 0.1) is 5.92 Å². The van der Waals surface area contributed by atoms with Crippen LogP contribution in [-0.2, 0) is 9.53 Å². The van der Waals surface area contributed by atoms with Crippen LogP contribution in [0.15, 0.2) is 23.8 Å². The quantitative estimate of drug-likeness (QED) is 0.437. The molecule has 3 nitrogen and oxygen atoms in total. The molecule has 1 N–H and O–H groups in total. The summed E-state index contributed by atoms with van der Waals surface area (Å²) in [6.07, 6.45) is 14.7. The summed E-state index contributed by atoms with van der Waals surface area (Å²) in [5, 5.41) is 3.57. The molecule has 0 amide bonds. The molecule has 0 aromatic rings. The molecule has 0 spiro atoms. The van der Waals surface area contributed by atoms with Crippen LogP contribution in [0.5, 0.6) is 0 Å². The average molecular weight is 358 g/mol. The highest BCUT2D eigenvalue weighted by Gasteiger charge is 2.54. The first kappa shape index (κ1) is 18.3. The van der Waals surface area contributed by atoms with E-state index in [2.05, 4.69) is 24.9 Å². The first-order valence-electron chi connectivity index (χ1n) is 10.8. The molecule has 0 aromatic carbocycles. The molecule has 0 aromatic heterocycles. The standard InChI is InChI=1S/C23H35NO2/c1-16-7-6-11-23(2)14-21-18(13-20(16)23)19(22(25)26-21)15-24-12-10-17-8-4-3-5-9-17/h8,18-21,24H,1,3-7,9-15H2,2H3/t18-,19-,20+,21-,23-/m1/s1. The van der Waals surface area contributed by atoms with Gasteiger partial charge in [-0.05, 0) is 82.1 Å². The number of ether oxygens (including phenoxy) is 1. The van der Waals surface area contributed by atoms with Gasteiger partial charge in [-0.3, -0.25) is 4.79 Å². The van der Waals surface area contributed by atoms with E-state index in [-0.39, 0.29) is 18.0 Å². The van der Waals surface area contributed by atoms with Crippen molar-refractivity contribution in [3.05, 3.63) is 23.8 Å². The molecule has 0 unspecified atom stereocenters. The summed E-state index contributed by atoms with van der Waals surface area (Å²) in [5.41, 5.74) is 3.32. The maximum absolute atomic E-state index is 12.5. The Labute approximate surface area is 158 Å². The minimum absolute atomic E-state index is 0.0391. The third kappa shape index (κ3) is 3.52. The van der Waals surface area contributed by atoms with Gasteiger partial charge >= 0.3 is 5.97 Å². The summed E-state index contributed by atoms with van der Waals surface area (Å²) in [6.45, 7) is 8.55. The number of hydrogen-bond acceptors (Lipinski definition) is 3. The maximum atomic E-state index is 12.5. The Kier molecular flexibility index (Phi) is 5.27. The molecular formula is C23H35NO2. The Hall–Kier alpha value is -1.09. The van der Waals surface area contributed by atoms with Crippen LogP contribution >= 0.6 is 0 Å². The van der Waals surface area contributed by atoms with E-state index in [0.717, 1.165) is 32.4 Å². The minimum Gasteiger partial charge on any atom is -0.462 e. The highest BCUT2D eigenvalue weighted by atomic mass is 16.6. The van der Waals surface area contributed by atoms with E-state index < -0.39 is 0 Å². The van der Waals surface area contributed by atoms with E-state index in [4.69, 9.17) is 4.74 Å². The number of carbonyl (C=O) groups excluding carboxylic acids is 1. The molecule has 3 heteroatoms. The van der Waals surface area contributed by atoms with Gasteiger partial charge in [-0.15, -0.1) is 0 Å². The number of esters is 1. The molecular weight excluding hydrogens is 322 g/mol. The van der Waals surface area contributed by atoms with Gasteiger partial charge < -0.3 is 10.1 Å². The topological polar surface area (TPSA) is 38.3 Å². The van der Waals surface area contributed by atoms with Gasteiger partial charge in [0.1, 0.15) is 6.10 Å². The molecule has 5 atom stereocenters. The van der Waals surface area contributed by atoms with Crippen molar-refractivity contribution in [2.75, 3.05) is 13.1 Å². The Morgan fingerprint density at radius 1 is 1.31 bits per heavy atom. The fourth-order valence-electron chi connectivity index (χ4n) is 6.13. The van der Waals surface area contributed by atoms with Crippen LogP contribution in [0.1, 0.15) is 71.1 Å². The van der Waals surface area contributed by atoms with Gasteiger partial charge in [-0.25, -0.2) is 0 Å². The smallest absolute Gasteiger partial charge is 0.310 e. The Morgan fingerprint density at radius 2 is 2.19 bits per heavy atom. The Bertz CT molecular complexity index is 595. The first-order valence-corrected chi connectivity index (χ1v) is 10.8. The van der Waals surface area contributed by atoms with Gasteiger partial charge in [-0.1, -0.05) is 30.7 Å². The molecule has 144 valence electrons. The van der Waals surface area contributed by atoms with Gasteiger partial charge in [0.15, 0.2) is 0 Å². The summed E-state index contributed by atoms with van der Waals surface area (Å²) in [5.74, 6) is 1.05. The molecule has 2 saturated carbocycles. The fraction of sp³-hybridized carbons (Fsp3) is 0.783. The number of nitrogens with one attached hydrogen (secondary N) is 1. The monoisotopic (exact) mass is 357 g/mol. The third-order valence-corrected chi connectivity index (χ3v) is 7.69. The van der Waals surface area contributed by atoms with Crippen LogP contribution in [0.4, 0.5) is 0 Å². The zero-order valence-electron chi connectivity index (χ0n) is 16.4. The largest absolute Gasteiger partial charge is 0.462 e. The summed E-state index contributed by atoms with van der Waals surface area (Å²) in [6, 6.07) is 0. The molecule has 0 radical (unpaired) electrons. The zero-order valence-corrected chi connectivity index (χ0v) is 16.4. The van der Waals surface area contributed by atoms with Gasteiger partial charge in [0.25, 0.3) is 0 Å². The van der Waals surface area contributed by atoms with Crippen molar-refractivity contribution in [3.63, 3.8) is 0 Å². The highest BCUT2D eigenvalue weighted by molar-refractivity contribution is 5.75. The van der Waals surface area contributed by atoms with Gasteiger partial charge in [0, 0.05) is 12.5 Å².